The second kappa shape index (κ2) is 7.61. The van der Waals surface area contributed by atoms with E-state index in [-0.39, 0.29) is 17.1 Å². The summed E-state index contributed by atoms with van der Waals surface area (Å²) in [4.78, 5) is 35.7. The second-order valence-electron chi connectivity index (χ2n) is 5.64. The van der Waals surface area contributed by atoms with E-state index in [2.05, 4.69) is 5.32 Å². The standard InChI is InChI=1S/C19H19NO5/c1-11-6-4-9-16(17(11)22)19(24)25-13(3)18(23)20-15-8-5-7-14(10-15)12(2)21/h4-10,13,22H,1-3H3,(H,20,23)/t13-/m1/s1. The number of ether oxygens (including phenoxy) is 1. The van der Waals surface area contributed by atoms with Crippen LogP contribution in [0.5, 0.6) is 5.75 Å². The molecule has 0 bridgehead atoms. The summed E-state index contributed by atoms with van der Waals surface area (Å²) < 4.78 is 5.11. The Morgan fingerprint density at radius 3 is 2.48 bits per heavy atom. The highest BCUT2D eigenvalue weighted by Crippen LogP contribution is 2.22. The number of benzene rings is 2. The molecule has 1 amide bonds. The van der Waals surface area contributed by atoms with Crippen LogP contribution >= 0.6 is 0 Å². The zero-order valence-electron chi connectivity index (χ0n) is 14.2. The zero-order chi connectivity index (χ0) is 18.6. The Balaban J connectivity index is 2.05. The highest BCUT2D eigenvalue weighted by molar-refractivity contribution is 6.00. The number of hydrogen-bond acceptors (Lipinski definition) is 5. The number of rotatable bonds is 5. The Morgan fingerprint density at radius 1 is 1.12 bits per heavy atom. The molecule has 0 radical (unpaired) electrons. The average molecular weight is 341 g/mol. The van der Waals surface area contributed by atoms with E-state index in [0.29, 0.717) is 16.8 Å². The molecule has 2 N–H and O–H groups in total. The lowest BCUT2D eigenvalue weighted by atomic mass is 10.1. The third-order valence-corrected chi connectivity index (χ3v) is 3.65. The summed E-state index contributed by atoms with van der Waals surface area (Å²) in [5.41, 5.74) is 1.43. The third kappa shape index (κ3) is 4.44. The number of carbonyl (C=O) groups excluding carboxylic acids is 3. The highest BCUT2D eigenvalue weighted by Gasteiger charge is 2.21. The van der Waals surface area contributed by atoms with Gasteiger partial charge in [-0.15, -0.1) is 0 Å². The molecule has 0 aliphatic rings. The van der Waals surface area contributed by atoms with Gasteiger partial charge >= 0.3 is 5.97 Å². The number of amides is 1. The van der Waals surface area contributed by atoms with Crippen molar-refractivity contribution < 1.29 is 24.2 Å². The molecule has 2 aromatic carbocycles. The third-order valence-electron chi connectivity index (χ3n) is 3.65. The molecule has 6 nitrogen and oxygen atoms in total. The molecule has 0 saturated carbocycles. The molecule has 2 rings (SSSR count). The van der Waals surface area contributed by atoms with Gasteiger partial charge in [-0.2, -0.15) is 0 Å². The fourth-order valence-corrected chi connectivity index (χ4v) is 2.16. The minimum atomic E-state index is -1.08. The van der Waals surface area contributed by atoms with Gasteiger partial charge in [-0.1, -0.05) is 24.3 Å². The first-order chi connectivity index (χ1) is 11.8. The van der Waals surface area contributed by atoms with Gasteiger partial charge in [0.05, 0.1) is 0 Å². The summed E-state index contributed by atoms with van der Waals surface area (Å²) in [7, 11) is 0. The number of para-hydroxylation sites is 1. The number of phenols is 1. The number of hydrogen-bond donors (Lipinski definition) is 2. The fraction of sp³-hybridized carbons (Fsp3) is 0.211. The molecule has 0 aliphatic heterocycles. The maximum absolute atomic E-state index is 12.2. The number of aromatic hydroxyl groups is 1. The molecule has 0 spiro atoms. The second-order valence-corrected chi connectivity index (χ2v) is 5.64. The Morgan fingerprint density at radius 2 is 1.80 bits per heavy atom. The fourth-order valence-electron chi connectivity index (χ4n) is 2.16. The topological polar surface area (TPSA) is 92.7 Å². The van der Waals surface area contributed by atoms with Crippen molar-refractivity contribution in [1.82, 2.24) is 0 Å². The summed E-state index contributed by atoms with van der Waals surface area (Å²) in [6, 6.07) is 11.2. The Bertz CT molecular complexity index is 828. The van der Waals surface area contributed by atoms with Crippen molar-refractivity contribution in [2.24, 2.45) is 0 Å². The summed E-state index contributed by atoms with van der Waals surface area (Å²) >= 11 is 0. The smallest absolute Gasteiger partial charge is 0.342 e. The van der Waals surface area contributed by atoms with Crippen molar-refractivity contribution in [3.05, 3.63) is 59.2 Å². The van der Waals surface area contributed by atoms with Crippen LogP contribution in [0.3, 0.4) is 0 Å². The van der Waals surface area contributed by atoms with Gasteiger partial charge in [0.15, 0.2) is 11.9 Å². The van der Waals surface area contributed by atoms with Gasteiger partial charge in [0.1, 0.15) is 11.3 Å². The van der Waals surface area contributed by atoms with Gasteiger partial charge in [-0.3, -0.25) is 9.59 Å². The van der Waals surface area contributed by atoms with Crippen LogP contribution in [0.25, 0.3) is 0 Å². The van der Waals surface area contributed by atoms with Crippen LogP contribution in [-0.4, -0.2) is 28.9 Å². The lowest BCUT2D eigenvalue weighted by molar-refractivity contribution is -0.123. The van der Waals surface area contributed by atoms with Gasteiger partial charge in [-0.25, -0.2) is 4.79 Å². The maximum atomic E-state index is 12.2. The molecule has 130 valence electrons. The van der Waals surface area contributed by atoms with Crippen molar-refractivity contribution in [2.45, 2.75) is 26.9 Å². The lowest BCUT2D eigenvalue weighted by Gasteiger charge is -2.14. The normalized spacial score (nSPS) is 11.5. The number of Topliss-reactive ketones (excluding diaryl/α,β-unsaturated/α-hetero) is 1. The van der Waals surface area contributed by atoms with E-state index < -0.39 is 18.0 Å². The average Bonchev–Trinajstić information content (AvgIpc) is 2.57. The zero-order valence-corrected chi connectivity index (χ0v) is 14.2. The number of nitrogens with one attached hydrogen (secondary N) is 1. The van der Waals surface area contributed by atoms with E-state index in [1.165, 1.54) is 19.9 Å². The van der Waals surface area contributed by atoms with Crippen molar-refractivity contribution >= 4 is 23.3 Å². The molecule has 0 heterocycles. The molecule has 0 unspecified atom stereocenters. The minimum Gasteiger partial charge on any atom is -0.507 e. The first kappa shape index (κ1) is 18.2. The van der Waals surface area contributed by atoms with Crippen molar-refractivity contribution in [2.75, 3.05) is 5.32 Å². The Hall–Kier alpha value is -3.15. The summed E-state index contributed by atoms with van der Waals surface area (Å²) in [5.74, 6) is -1.62. The number of anilines is 1. The van der Waals surface area contributed by atoms with Gasteiger partial charge in [0.25, 0.3) is 5.91 Å². The van der Waals surface area contributed by atoms with Gasteiger partial charge in [-0.05, 0) is 44.5 Å². The molecule has 6 heteroatoms. The van der Waals surface area contributed by atoms with Crippen LogP contribution in [-0.2, 0) is 9.53 Å². The maximum Gasteiger partial charge on any atom is 0.342 e. The Kier molecular flexibility index (Phi) is 5.54. The number of aryl methyl sites for hydroxylation is 1. The lowest BCUT2D eigenvalue weighted by Crippen LogP contribution is -2.30. The van der Waals surface area contributed by atoms with Gasteiger partial charge in [0.2, 0.25) is 0 Å². The number of ketones is 1. The van der Waals surface area contributed by atoms with Crippen LogP contribution in [0.1, 0.15) is 40.1 Å². The molecular weight excluding hydrogens is 322 g/mol. The molecule has 25 heavy (non-hydrogen) atoms. The SMILES string of the molecule is CC(=O)c1cccc(NC(=O)[C@@H](C)OC(=O)c2cccc(C)c2O)c1. The summed E-state index contributed by atoms with van der Waals surface area (Å²) in [5, 5.41) is 12.5. The van der Waals surface area contributed by atoms with E-state index in [0.717, 1.165) is 0 Å². The number of esters is 1. The van der Waals surface area contributed by atoms with Crippen molar-refractivity contribution in [1.29, 1.82) is 0 Å². The Labute approximate surface area is 145 Å². The largest absolute Gasteiger partial charge is 0.507 e. The van der Waals surface area contributed by atoms with E-state index in [4.69, 9.17) is 4.74 Å². The minimum absolute atomic E-state index is 0.00164. The number of phenolic OH excluding ortho intramolecular Hbond substituents is 1. The first-order valence-electron chi connectivity index (χ1n) is 7.71. The molecule has 1 atom stereocenters. The van der Waals surface area contributed by atoms with Crippen molar-refractivity contribution in [3.8, 4) is 5.75 Å². The van der Waals surface area contributed by atoms with Crippen LogP contribution in [0, 0.1) is 6.92 Å². The predicted molar refractivity (Wildman–Crippen MR) is 92.8 cm³/mol. The number of carbonyl (C=O) groups is 3. The summed E-state index contributed by atoms with van der Waals surface area (Å²) in [6.45, 7) is 4.51. The van der Waals surface area contributed by atoms with E-state index in [9.17, 15) is 19.5 Å². The molecular formula is C19H19NO5. The van der Waals surface area contributed by atoms with E-state index in [1.54, 1.807) is 43.3 Å². The molecule has 0 saturated heterocycles. The monoisotopic (exact) mass is 341 g/mol. The summed E-state index contributed by atoms with van der Waals surface area (Å²) in [6.07, 6.45) is -1.08. The first-order valence-corrected chi connectivity index (χ1v) is 7.71. The van der Waals surface area contributed by atoms with Crippen LogP contribution < -0.4 is 5.32 Å². The van der Waals surface area contributed by atoms with Gasteiger partial charge < -0.3 is 15.2 Å². The molecule has 0 aliphatic carbocycles. The van der Waals surface area contributed by atoms with E-state index in [1.807, 2.05) is 0 Å². The van der Waals surface area contributed by atoms with Crippen molar-refractivity contribution in [3.63, 3.8) is 0 Å². The molecule has 0 fully saturated rings. The van der Waals surface area contributed by atoms with Crippen LogP contribution in [0.2, 0.25) is 0 Å². The quantitative estimate of drug-likeness (QED) is 0.644. The van der Waals surface area contributed by atoms with Crippen LogP contribution in [0.15, 0.2) is 42.5 Å². The van der Waals surface area contributed by atoms with Gasteiger partial charge in [0, 0.05) is 11.3 Å². The van der Waals surface area contributed by atoms with E-state index >= 15 is 0 Å². The molecule has 2 aromatic rings. The van der Waals surface area contributed by atoms with Crippen LogP contribution in [0.4, 0.5) is 5.69 Å². The molecule has 0 aromatic heterocycles. The highest BCUT2D eigenvalue weighted by atomic mass is 16.5. The predicted octanol–water partition coefficient (Wildman–Crippen LogP) is 3.09.